The van der Waals surface area contributed by atoms with E-state index in [0.29, 0.717) is 30.4 Å². The Balaban J connectivity index is 1.44. The predicted molar refractivity (Wildman–Crippen MR) is 148 cm³/mol. The van der Waals surface area contributed by atoms with Crippen molar-refractivity contribution in [3.05, 3.63) is 114 Å². The first-order chi connectivity index (χ1) is 17.9. The van der Waals surface area contributed by atoms with Gasteiger partial charge in [0.15, 0.2) is 0 Å². The molecule has 1 aliphatic rings. The van der Waals surface area contributed by atoms with E-state index in [2.05, 4.69) is 29.2 Å². The summed E-state index contributed by atoms with van der Waals surface area (Å²) >= 11 is 5.85. The van der Waals surface area contributed by atoms with Gasteiger partial charge in [-0.3, -0.25) is 0 Å². The molecule has 3 atom stereocenters. The second-order valence-electron chi connectivity index (χ2n) is 9.47. The lowest BCUT2D eigenvalue weighted by Crippen LogP contribution is -2.28. The van der Waals surface area contributed by atoms with Gasteiger partial charge >= 0.3 is 0 Å². The molecule has 1 saturated heterocycles. The molecule has 0 saturated carbocycles. The molecule has 0 bridgehead atoms. The van der Waals surface area contributed by atoms with E-state index < -0.39 is 6.10 Å². The van der Waals surface area contributed by atoms with E-state index in [4.69, 9.17) is 12.2 Å². The van der Waals surface area contributed by atoms with Crippen molar-refractivity contribution in [3.63, 3.8) is 0 Å². The lowest BCUT2D eigenvalue weighted by molar-refractivity contribution is 0.155. The van der Waals surface area contributed by atoms with E-state index in [-0.39, 0.29) is 29.3 Å². The number of thiocarbonyl (C=S) groups is 1. The van der Waals surface area contributed by atoms with E-state index in [1.807, 2.05) is 30.3 Å². The molecule has 4 aromatic carbocycles. The number of hydrogen-bond donors (Lipinski definition) is 3. The average Bonchev–Trinajstić information content (AvgIpc) is 3.23. The van der Waals surface area contributed by atoms with Gasteiger partial charge in [0.05, 0.1) is 17.1 Å². The van der Waals surface area contributed by atoms with Crippen LogP contribution in [0.5, 0.6) is 11.5 Å². The minimum atomic E-state index is -0.734. The quantitative estimate of drug-likeness (QED) is 0.226. The predicted octanol–water partition coefficient (Wildman–Crippen LogP) is 7.31. The van der Waals surface area contributed by atoms with Crippen LogP contribution in [0.25, 0.3) is 11.1 Å². The number of hydrogen-bond acceptors (Lipinski definition) is 4. The number of rotatable bonds is 7. The first-order valence-electron chi connectivity index (χ1n) is 12.3. The van der Waals surface area contributed by atoms with E-state index in [0.717, 1.165) is 21.8 Å². The summed E-state index contributed by atoms with van der Waals surface area (Å²) < 4.78 is 13.3. The van der Waals surface area contributed by atoms with Crippen LogP contribution in [-0.2, 0) is 0 Å². The van der Waals surface area contributed by atoms with Crippen molar-refractivity contribution >= 4 is 22.9 Å². The van der Waals surface area contributed by atoms with Crippen molar-refractivity contribution in [2.24, 2.45) is 5.92 Å². The molecule has 3 unspecified atom stereocenters. The second-order valence-corrected chi connectivity index (χ2v) is 9.94. The van der Waals surface area contributed by atoms with Crippen molar-refractivity contribution in [1.29, 1.82) is 0 Å². The van der Waals surface area contributed by atoms with Crippen LogP contribution in [0.15, 0.2) is 97.1 Å². The van der Waals surface area contributed by atoms with Crippen molar-refractivity contribution in [1.82, 2.24) is 0 Å². The number of phenols is 2. The Kier molecular flexibility index (Phi) is 7.22. The molecule has 0 aliphatic carbocycles. The molecule has 0 aromatic heterocycles. The van der Waals surface area contributed by atoms with Gasteiger partial charge in [0, 0.05) is 23.7 Å². The summed E-state index contributed by atoms with van der Waals surface area (Å²) in [4.78, 5) is 2.83. The summed E-state index contributed by atoms with van der Waals surface area (Å²) in [5, 5.41) is 31.4. The summed E-state index contributed by atoms with van der Waals surface area (Å²) in [5.41, 5.74) is 4.48. The minimum Gasteiger partial charge on any atom is -0.508 e. The van der Waals surface area contributed by atoms with Crippen LogP contribution in [-0.4, -0.2) is 20.3 Å². The molecule has 6 heteroatoms. The third-order valence-electron chi connectivity index (χ3n) is 7.08. The van der Waals surface area contributed by atoms with Crippen LogP contribution in [0.2, 0.25) is 0 Å². The summed E-state index contributed by atoms with van der Waals surface area (Å²) in [7, 11) is 0. The largest absolute Gasteiger partial charge is 0.508 e. The molecule has 1 heterocycles. The van der Waals surface area contributed by atoms with Crippen LogP contribution in [0.4, 0.5) is 10.1 Å². The van der Waals surface area contributed by atoms with Crippen LogP contribution in [0, 0.1) is 11.7 Å². The van der Waals surface area contributed by atoms with Crippen LogP contribution in [0.1, 0.15) is 42.5 Å². The number of aliphatic hydroxyl groups is 1. The van der Waals surface area contributed by atoms with E-state index >= 15 is 0 Å². The molecule has 1 aliphatic heterocycles. The van der Waals surface area contributed by atoms with Gasteiger partial charge < -0.3 is 20.2 Å². The summed E-state index contributed by atoms with van der Waals surface area (Å²) in [6.07, 6.45) is 0.997. The van der Waals surface area contributed by atoms with Gasteiger partial charge in [-0.05, 0) is 71.8 Å². The number of benzene rings is 4. The fourth-order valence-corrected chi connectivity index (χ4v) is 5.64. The molecule has 0 radical (unpaired) electrons. The van der Waals surface area contributed by atoms with Gasteiger partial charge in [0.1, 0.15) is 17.3 Å². The zero-order valence-corrected chi connectivity index (χ0v) is 21.0. The van der Waals surface area contributed by atoms with Gasteiger partial charge in [0.25, 0.3) is 0 Å². The van der Waals surface area contributed by atoms with Gasteiger partial charge in [0.2, 0.25) is 0 Å². The number of anilines is 1. The van der Waals surface area contributed by atoms with Crippen molar-refractivity contribution in [3.8, 4) is 22.6 Å². The molecule has 1 fully saturated rings. The standard InChI is InChI=1S/C31H28FNO3S/c32-24-11-6-22(7-12-24)28(35)17-10-23-18-30(37)33(31(23)27-16-15-26(34)19-29(27)36)25-13-8-21(9-14-25)20-4-2-1-3-5-20/h1-9,11-16,19,23,28,31,34-36H,10,17-18H2. The van der Waals surface area contributed by atoms with Crippen molar-refractivity contribution in [2.45, 2.75) is 31.4 Å². The molecule has 0 spiro atoms. The highest BCUT2D eigenvalue weighted by atomic mass is 32.1. The highest BCUT2D eigenvalue weighted by Gasteiger charge is 2.40. The molecular weight excluding hydrogens is 485 g/mol. The average molecular weight is 514 g/mol. The zero-order chi connectivity index (χ0) is 25.9. The fraction of sp³-hybridized carbons (Fsp3) is 0.194. The second kappa shape index (κ2) is 10.7. The van der Waals surface area contributed by atoms with Gasteiger partial charge in [-0.1, -0.05) is 66.8 Å². The molecule has 4 nitrogen and oxygen atoms in total. The Labute approximate surface area is 221 Å². The monoisotopic (exact) mass is 513 g/mol. The maximum Gasteiger partial charge on any atom is 0.124 e. The molecule has 188 valence electrons. The van der Waals surface area contributed by atoms with Gasteiger partial charge in [-0.15, -0.1) is 0 Å². The molecule has 0 amide bonds. The van der Waals surface area contributed by atoms with Gasteiger partial charge in [-0.2, -0.15) is 0 Å². The van der Waals surface area contributed by atoms with Crippen LogP contribution >= 0.6 is 12.2 Å². The van der Waals surface area contributed by atoms with Crippen molar-refractivity contribution in [2.75, 3.05) is 4.90 Å². The van der Waals surface area contributed by atoms with E-state index in [9.17, 15) is 19.7 Å². The number of nitrogens with zero attached hydrogens (tertiary/aromatic N) is 1. The smallest absolute Gasteiger partial charge is 0.124 e. The molecule has 3 N–H and O–H groups in total. The lowest BCUT2D eigenvalue weighted by Gasteiger charge is -2.31. The van der Waals surface area contributed by atoms with Crippen molar-refractivity contribution < 1.29 is 19.7 Å². The summed E-state index contributed by atoms with van der Waals surface area (Å²) in [5.74, 6) is -0.325. The number of phenolic OH excluding ortho intramolecular Hbond substituents is 2. The molecular formula is C31H28FNO3S. The minimum absolute atomic E-state index is 0.00434. The molecule has 4 aromatic rings. The Morgan fingerprint density at radius 3 is 2.22 bits per heavy atom. The lowest BCUT2D eigenvalue weighted by atomic mass is 9.87. The first kappa shape index (κ1) is 24.9. The van der Waals surface area contributed by atoms with E-state index in [1.165, 1.54) is 18.2 Å². The normalized spacial score (nSPS) is 18.2. The zero-order valence-electron chi connectivity index (χ0n) is 20.2. The molecule has 37 heavy (non-hydrogen) atoms. The van der Waals surface area contributed by atoms with Crippen LogP contribution < -0.4 is 4.90 Å². The maximum atomic E-state index is 13.3. The Morgan fingerprint density at radius 2 is 1.54 bits per heavy atom. The SMILES string of the molecule is Oc1ccc(C2C(CCC(O)c3ccc(F)cc3)CC(=S)N2c2ccc(-c3ccccc3)cc2)c(O)c1. The Morgan fingerprint density at radius 1 is 0.865 bits per heavy atom. The Bertz CT molecular complexity index is 1380. The third-order valence-corrected chi connectivity index (χ3v) is 7.44. The highest BCUT2D eigenvalue weighted by Crippen LogP contribution is 2.47. The van der Waals surface area contributed by atoms with Gasteiger partial charge in [-0.25, -0.2) is 4.39 Å². The number of halogens is 1. The maximum absolute atomic E-state index is 13.3. The molecule has 5 rings (SSSR count). The number of aromatic hydroxyl groups is 2. The first-order valence-corrected chi connectivity index (χ1v) is 12.7. The third kappa shape index (κ3) is 5.36. The highest BCUT2D eigenvalue weighted by molar-refractivity contribution is 7.80. The fourth-order valence-electron chi connectivity index (χ4n) is 5.21. The van der Waals surface area contributed by atoms with Crippen LogP contribution in [0.3, 0.4) is 0 Å². The van der Waals surface area contributed by atoms with E-state index in [1.54, 1.807) is 24.3 Å². The summed E-state index contributed by atoms with van der Waals surface area (Å²) in [6.45, 7) is 0. The summed E-state index contributed by atoms with van der Waals surface area (Å²) in [6, 6.07) is 28.6. The topological polar surface area (TPSA) is 63.9 Å². The Hall–Kier alpha value is -3.74. The number of aliphatic hydroxyl groups excluding tert-OH is 1.